The van der Waals surface area contributed by atoms with Gasteiger partial charge >= 0.3 is 0 Å². The molecule has 0 N–H and O–H groups in total. The quantitative estimate of drug-likeness (QED) is 0.741. The highest BCUT2D eigenvalue weighted by Crippen LogP contribution is 2.30. The van der Waals surface area contributed by atoms with Crippen LogP contribution in [0.1, 0.15) is 44.9 Å². The van der Waals surface area contributed by atoms with Gasteiger partial charge in [0.2, 0.25) is 0 Å². The van der Waals surface area contributed by atoms with Crippen LogP contribution in [0.5, 0.6) is 0 Å². The smallest absolute Gasteiger partial charge is 0.262 e. The summed E-state index contributed by atoms with van der Waals surface area (Å²) in [5, 5.41) is 0.168. The molecule has 21 heavy (non-hydrogen) atoms. The van der Waals surface area contributed by atoms with Crippen LogP contribution in [0.4, 0.5) is 0 Å². The molecule has 0 radical (unpaired) electrons. The highest BCUT2D eigenvalue weighted by molar-refractivity contribution is 9.09. The molecule has 0 spiro atoms. The molecule has 1 aliphatic carbocycles. The second-order valence-corrected chi connectivity index (χ2v) is 8.83. The van der Waals surface area contributed by atoms with Crippen LogP contribution in [0.2, 0.25) is 0 Å². The van der Waals surface area contributed by atoms with Gasteiger partial charge in [0.25, 0.3) is 10.0 Å². The number of hydrogen-bond donors (Lipinski definition) is 0. The summed E-state index contributed by atoms with van der Waals surface area (Å²) >= 11 is 3.63. The lowest BCUT2D eigenvalue weighted by atomic mass is 9.96. The summed E-state index contributed by atoms with van der Waals surface area (Å²) in [6, 6.07) is 0.0142. The Morgan fingerprint density at radius 2 is 2.10 bits per heavy atom. The minimum atomic E-state index is -3.52. The highest BCUT2D eigenvalue weighted by Gasteiger charge is 2.35. The molecular weight excluding hydrogens is 354 g/mol. The molecule has 5 nitrogen and oxygen atoms in total. The van der Waals surface area contributed by atoms with E-state index in [1.54, 1.807) is 13.2 Å². The number of hydrogen-bond acceptors (Lipinski definition) is 3. The maximum absolute atomic E-state index is 12.8. The summed E-state index contributed by atoms with van der Waals surface area (Å²) < 4.78 is 29.0. The van der Waals surface area contributed by atoms with Crippen molar-refractivity contribution in [2.75, 3.05) is 7.05 Å². The predicted octanol–water partition coefficient (Wildman–Crippen LogP) is 2.93. The van der Waals surface area contributed by atoms with Gasteiger partial charge in [0.05, 0.1) is 0 Å². The first-order valence-corrected chi connectivity index (χ1v) is 9.89. The molecule has 1 saturated carbocycles. The van der Waals surface area contributed by atoms with E-state index in [2.05, 4.69) is 27.8 Å². The molecule has 0 aliphatic heterocycles. The van der Waals surface area contributed by atoms with Gasteiger partial charge in [-0.15, -0.1) is 0 Å². The first-order valence-electron chi connectivity index (χ1n) is 7.53. The van der Waals surface area contributed by atoms with Gasteiger partial charge < -0.3 is 4.57 Å². The van der Waals surface area contributed by atoms with Crippen LogP contribution < -0.4 is 0 Å². The van der Waals surface area contributed by atoms with Crippen LogP contribution in [0.15, 0.2) is 11.2 Å². The lowest BCUT2D eigenvalue weighted by Crippen LogP contribution is -2.44. The molecule has 1 aromatic heterocycles. The number of sulfonamides is 1. The van der Waals surface area contributed by atoms with Crippen LogP contribution in [0.3, 0.4) is 0 Å². The Balaban J connectivity index is 2.26. The monoisotopic (exact) mass is 377 g/mol. The number of halogens is 1. The van der Waals surface area contributed by atoms with Crippen molar-refractivity contribution < 1.29 is 8.42 Å². The van der Waals surface area contributed by atoms with Gasteiger partial charge in [-0.2, -0.15) is 4.31 Å². The van der Waals surface area contributed by atoms with Gasteiger partial charge in [-0.1, -0.05) is 35.7 Å². The van der Waals surface area contributed by atoms with Crippen molar-refractivity contribution in [1.82, 2.24) is 13.9 Å². The second kappa shape index (κ2) is 6.79. The molecule has 2 atom stereocenters. The van der Waals surface area contributed by atoms with Crippen LogP contribution in [0.25, 0.3) is 0 Å². The van der Waals surface area contributed by atoms with E-state index in [0.717, 1.165) is 44.5 Å². The first kappa shape index (κ1) is 17.0. The fourth-order valence-electron chi connectivity index (χ4n) is 2.87. The Bertz CT molecular complexity index is 585. The Hall–Kier alpha value is -0.400. The fraction of sp³-hybridized carbons (Fsp3) is 0.786. The molecule has 0 aromatic carbocycles. The van der Waals surface area contributed by atoms with Crippen LogP contribution >= 0.6 is 15.9 Å². The van der Waals surface area contributed by atoms with Gasteiger partial charge in [0.1, 0.15) is 5.82 Å². The molecule has 1 fully saturated rings. The molecular formula is C14H24BrN3O2S. The number of alkyl halides is 1. The molecule has 7 heteroatoms. The van der Waals surface area contributed by atoms with Crippen molar-refractivity contribution in [3.8, 4) is 0 Å². The summed E-state index contributed by atoms with van der Waals surface area (Å²) in [7, 11) is -1.85. The minimum absolute atomic E-state index is 0.0142. The van der Waals surface area contributed by atoms with Crippen LogP contribution in [-0.2, 0) is 16.6 Å². The summed E-state index contributed by atoms with van der Waals surface area (Å²) in [6.45, 7) is 4.71. The summed E-state index contributed by atoms with van der Waals surface area (Å²) in [5.41, 5.74) is 0. The van der Waals surface area contributed by atoms with Crippen molar-refractivity contribution in [2.45, 2.75) is 68.4 Å². The van der Waals surface area contributed by atoms with E-state index in [-0.39, 0.29) is 15.9 Å². The Morgan fingerprint density at radius 3 is 2.71 bits per heavy atom. The van der Waals surface area contributed by atoms with E-state index in [9.17, 15) is 8.42 Å². The standard InChI is InChI=1S/C14H24BrN3O2S/c1-4-9-18-10-14(16-11(18)2)21(19,20)17(3)13-8-6-5-7-12(13)15/h10,12-13H,4-9H2,1-3H3. The second-order valence-electron chi connectivity index (χ2n) is 5.71. The van der Waals surface area contributed by atoms with Gasteiger partial charge in [-0.05, 0) is 26.2 Å². The average Bonchev–Trinajstić information content (AvgIpc) is 2.81. The number of aromatic nitrogens is 2. The fourth-order valence-corrected chi connectivity index (χ4v) is 5.38. The van der Waals surface area contributed by atoms with E-state index < -0.39 is 10.0 Å². The van der Waals surface area contributed by atoms with Crippen molar-refractivity contribution >= 4 is 26.0 Å². The van der Waals surface area contributed by atoms with Crippen molar-refractivity contribution in [2.24, 2.45) is 0 Å². The predicted molar refractivity (Wildman–Crippen MR) is 87.2 cm³/mol. The summed E-state index contributed by atoms with van der Waals surface area (Å²) in [6.07, 6.45) is 6.78. The maximum atomic E-state index is 12.8. The summed E-state index contributed by atoms with van der Waals surface area (Å²) in [4.78, 5) is 4.49. The maximum Gasteiger partial charge on any atom is 0.262 e. The zero-order valence-corrected chi connectivity index (χ0v) is 15.3. The minimum Gasteiger partial charge on any atom is -0.334 e. The van der Waals surface area contributed by atoms with E-state index in [1.165, 1.54) is 4.31 Å². The topological polar surface area (TPSA) is 55.2 Å². The van der Waals surface area contributed by atoms with E-state index in [4.69, 9.17) is 0 Å². The van der Waals surface area contributed by atoms with E-state index >= 15 is 0 Å². The lowest BCUT2D eigenvalue weighted by Gasteiger charge is -2.33. The average molecular weight is 378 g/mol. The lowest BCUT2D eigenvalue weighted by molar-refractivity contribution is 0.296. The number of rotatable bonds is 5. The third-order valence-electron chi connectivity index (χ3n) is 4.18. The third-order valence-corrected chi connectivity index (χ3v) is 7.00. The van der Waals surface area contributed by atoms with E-state index in [0.29, 0.717) is 0 Å². The van der Waals surface area contributed by atoms with Gasteiger partial charge in [-0.25, -0.2) is 13.4 Å². The van der Waals surface area contributed by atoms with Gasteiger partial charge in [0, 0.05) is 30.7 Å². The number of aryl methyl sites for hydroxylation is 2. The number of imidazole rings is 1. The molecule has 2 unspecified atom stereocenters. The van der Waals surface area contributed by atoms with Gasteiger partial charge in [-0.3, -0.25) is 0 Å². The highest BCUT2D eigenvalue weighted by atomic mass is 79.9. The Kier molecular flexibility index (Phi) is 5.48. The molecule has 0 saturated heterocycles. The molecule has 0 amide bonds. The molecule has 1 aliphatic rings. The van der Waals surface area contributed by atoms with Crippen molar-refractivity contribution in [1.29, 1.82) is 0 Å². The molecule has 1 heterocycles. The molecule has 2 rings (SSSR count). The van der Waals surface area contributed by atoms with Crippen molar-refractivity contribution in [3.05, 3.63) is 12.0 Å². The molecule has 0 bridgehead atoms. The first-order chi connectivity index (χ1) is 9.87. The van der Waals surface area contributed by atoms with Crippen LogP contribution in [-0.4, -0.2) is 40.2 Å². The Labute approximate surface area is 135 Å². The third kappa shape index (κ3) is 3.51. The molecule has 1 aromatic rings. The van der Waals surface area contributed by atoms with Crippen LogP contribution in [0, 0.1) is 6.92 Å². The zero-order chi connectivity index (χ0) is 15.6. The number of nitrogens with zero attached hydrogens (tertiary/aromatic N) is 3. The largest absolute Gasteiger partial charge is 0.334 e. The normalized spacial score (nSPS) is 23.7. The summed E-state index contributed by atoms with van der Waals surface area (Å²) in [5.74, 6) is 0.753. The van der Waals surface area contributed by atoms with Gasteiger partial charge in [0.15, 0.2) is 5.03 Å². The zero-order valence-electron chi connectivity index (χ0n) is 12.9. The Morgan fingerprint density at radius 1 is 1.43 bits per heavy atom. The van der Waals surface area contributed by atoms with E-state index in [1.807, 2.05) is 11.5 Å². The molecule has 120 valence electrons. The van der Waals surface area contributed by atoms with Crippen molar-refractivity contribution in [3.63, 3.8) is 0 Å². The SMILES string of the molecule is CCCn1cc(S(=O)(=O)N(C)C2CCCCC2Br)nc1C.